The van der Waals surface area contributed by atoms with Gasteiger partial charge in [0.2, 0.25) is 0 Å². The third-order valence-corrected chi connectivity index (χ3v) is 4.34. The Morgan fingerprint density at radius 3 is 1.61 bits per heavy atom. The number of nitrogens with one attached hydrogen (secondary N) is 1. The predicted octanol–water partition coefficient (Wildman–Crippen LogP) is 1.97. The molecular formula is C25H41NO10. The lowest BCUT2D eigenvalue weighted by Gasteiger charge is -2.09. The molecule has 0 fully saturated rings. The van der Waals surface area contributed by atoms with Crippen LogP contribution in [0.5, 0.6) is 0 Å². The van der Waals surface area contributed by atoms with Gasteiger partial charge in [0.15, 0.2) is 0 Å². The highest BCUT2D eigenvalue weighted by molar-refractivity contribution is 5.69. The van der Waals surface area contributed by atoms with Gasteiger partial charge >= 0.3 is 12.1 Å². The first kappa shape index (κ1) is 31.7. The van der Waals surface area contributed by atoms with Crippen LogP contribution in [0, 0.1) is 0 Å². The number of alkyl carbamates (subject to hydrolysis) is 1. The summed E-state index contributed by atoms with van der Waals surface area (Å²) in [5.74, 6) is -0.255. The topological polar surface area (TPSA) is 120 Å². The van der Waals surface area contributed by atoms with E-state index in [0.29, 0.717) is 92.4 Å². The molecule has 0 bridgehead atoms. The SMILES string of the molecule is CCOC(=O)CCOCCOCCOCCOCCOCCOCCNC(=O)OCc1ccccc1. The minimum absolute atomic E-state index is 0.238. The molecule has 206 valence electrons. The molecule has 0 radical (unpaired) electrons. The Labute approximate surface area is 213 Å². The minimum atomic E-state index is -0.471. The zero-order valence-electron chi connectivity index (χ0n) is 21.3. The van der Waals surface area contributed by atoms with Gasteiger partial charge in [-0.2, -0.15) is 0 Å². The Hall–Kier alpha value is -2.28. The highest BCUT2D eigenvalue weighted by Gasteiger charge is 2.02. The molecule has 1 N–H and O–H groups in total. The molecule has 0 saturated heterocycles. The van der Waals surface area contributed by atoms with E-state index in [4.69, 9.17) is 37.9 Å². The van der Waals surface area contributed by atoms with Crippen LogP contribution < -0.4 is 5.32 Å². The maximum absolute atomic E-state index is 11.6. The van der Waals surface area contributed by atoms with Crippen molar-refractivity contribution in [2.75, 3.05) is 92.4 Å². The zero-order chi connectivity index (χ0) is 25.9. The summed E-state index contributed by atoms with van der Waals surface area (Å²) >= 11 is 0. The fourth-order valence-corrected chi connectivity index (χ4v) is 2.59. The van der Waals surface area contributed by atoms with Gasteiger partial charge in [-0.05, 0) is 12.5 Å². The maximum Gasteiger partial charge on any atom is 0.407 e. The van der Waals surface area contributed by atoms with Crippen LogP contribution in [0.2, 0.25) is 0 Å². The lowest BCUT2D eigenvalue weighted by molar-refractivity contribution is -0.144. The second kappa shape index (κ2) is 24.4. The van der Waals surface area contributed by atoms with Crippen LogP contribution >= 0.6 is 0 Å². The molecule has 0 heterocycles. The van der Waals surface area contributed by atoms with Crippen molar-refractivity contribution in [3.8, 4) is 0 Å². The zero-order valence-corrected chi connectivity index (χ0v) is 21.3. The molecule has 1 rings (SSSR count). The fourth-order valence-electron chi connectivity index (χ4n) is 2.59. The van der Waals surface area contributed by atoms with Gasteiger partial charge in [-0.1, -0.05) is 30.3 Å². The van der Waals surface area contributed by atoms with E-state index < -0.39 is 6.09 Å². The molecule has 0 aromatic heterocycles. The van der Waals surface area contributed by atoms with Crippen molar-refractivity contribution in [3.05, 3.63) is 35.9 Å². The molecule has 0 spiro atoms. The minimum Gasteiger partial charge on any atom is -0.466 e. The number of carbonyl (C=O) groups is 2. The van der Waals surface area contributed by atoms with Crippen LogP contribution in [-0.2, 0) is 49.3 Å². The Morgan fingerprint density at radius 1 is 0.639 bits per heavy atom. The van der Waals surface area contributed by atoms with Crippen molar-refractivity contribution in [3.63, 3.8) is 0 Å². The normalized spacial score (nSPS) is 10.8. The second-order valence-electron chi connectivity index (χ2n) is 7.22. The Bertz CT molecular complexity index is 647. The van der Waals surface area contributed by atoms with Gasteiger partial charge in [0.05, 0.1) is 92.3 Å². The average molecular weight is 516 g/mol. The lowest BCUT2D eigenvalue weighted by Crippen LogP contribution is -2.28. The lowest BCUT2D eigenvalue weighted by atomic mass is 10.2. The summed E-state index contributed by atoms with van der Waals surface area (Å²) < 4.78 is 42.2. The summed E-state index contributed by atoms with van der Waals surface area (Å²) in [5, 5.41) is 2.63. The van der Waals surface area contributed by atoms with Crippen molar-refractivity contribution in [2.45, 2.75) is 20.0 Å². The van der Waals surface area contributed by atoms with E-state index in [2.05, 4.69) is 5.32 Å². The second-order valence-corrected chi connectivity index (χ2v) is 7.22. The molecular weight excluding hydrogens is 474 g/mol. The number of ether oxygens (including phenoxy) is 8. The third-order valence-electron chi connectivity index (χ3n) is 4.34. The van der Waals surface area contributed by atoms with Gasteiger partial charge in [0.1, 0.15) is 6.61 Å². The number of hydrogen-bond acceptors (Lipinski definition) is 10. The quantitative estimate of drug-likeness (QED) is 0.162. The third kappa shape index (κ3) is 21.0. The number of benzene rings is 1. The highest BCUT2D eigenvalue weighted by atomic mass is 16.6. The van der Waals surface area contributed by atoms with Gasteiger partial charge < -0.3 is 43.2 Å². The molecule has 0 saturated carbocycles. The van der Waals surface area contributed by atoms with E-state index in [1.165, 1.54) is 0 Å². The molecule has 1 aromatic rings. The summed E-state index contributed by atoms with van der Waals surface area (Å²) in [4.78, 5) is 22.7. The largest absolute Gasteiger partial charge is 0.466 e. The van der Waals surface area contributed by atoms with Crippen molar-refractivity contribution >= 4 is 12.1 Å². The molecule has 0 atom stereocenters. The number of hydrogen-bond donors (Lipinski definition) is 1. The van der Waals surface area contributed by atoms with Crippen molar-refractivity contribution in [2.24, 2.45) is 0 Å². The molecule has 1 aromatic carbocycles. The maximum atomic E-state index is 11.6. The summed E-state index contributed by atoms with van der Waals surface area (Å²) in [7, 11) is 0. The first-order valence-electron chi connectivity index (χ1n) is 12.3. The fraction of sp³-hybridized carbons (Fsp3) is 0.680. The number of amides is 1. The molecule has 1 amide bonds. The van der Waals surface area contributed by atoms with Crippen molar-refractivity contribution in [1.29, 1.82) is 0 Å². The van der Waals surface area contributed by atoms with Crippen LogP contribution in [0.3, 0.4) is 0 Å². The van der Waals surface area contributed by atoms with Gasteiger partial charge in [-0.3, -0.25) is 4.79 Å². The van der Waals surface area contributed by atoms with E-state index >= 15 is 0 Å². The van der Waals surface area contributed by atoms with Crippen LogP contribution in [0.4, 0.5) is 4.79 Å². The summed E-state index contributed by atoms with van der Waals surface area (Å²) in [6.07, 6.45) is -0.218. The monoisotopic (exact) mass is 515 g/mol. The Balaban J connectivity index is 1.70. The predicted molar refractivity (Wildman–Crippen MR) is 131 cm³/mol. The molecule has 0 aliphatic rings. The number of rotatable bonds is 24. The first-order valence-corrected chi connectivity index (χ1v) is 12.3. The van der Waals surface area contributed by atoms with Gasteiger partial charge in [-0.15, -0.1) is 0 Å². The van der Waals surface area contributed by atoms with Crippen LogP contribution in [0.15, 0.2) is 30.3 Å². The van der Waals surface area contributed by atoms with E-state index in [1.54, 1.807) is 6.92 Å². The van der Waals surface area contributed by atoms with Crippen molar-refractivity contribution in [1.82, 2.24) is 5.32 Å². The first-order chi connectivity index (χ1) is 17.7. The molecule has 36 heavy (non-hydrogen) atoms. The van der Waals surface area contributed by atoms with Gasteiger partial charge in [-0.25, -0.2) is 4.79 Å². The molecule has 0 aliphatic carbocycles. The molecule has 0 aliphatic heterocycles. The standard InChI is InChI=1S/C25H41NO10/c1-2-35-24(27)8-10-29-12-14-31-16-18-33-20-21-34-19-17-32-15-13-30-11-9-26-25(28)36-22-23-6-4-3-5-7-23/h3-7H,2,8-22H2,1H3,(H,26,28). The summed E-state index contributed by atoms with van der Waals surface area (Å²) in [6.45, 7) is 8.04. The van der Waals surface area contributed by atoms with Crippen LogP contribution in [0.25, 0.3) is 0 Å². The molecule has 11 nitrogen and oxygen atoms in total. The average Bonchev–Trinajstić information content (AvgIpc) is 2.89. The Kier molecular flexibility index (Phi) is 21.5. The van der Waals surface area contributed by atoms with E-state index in [-0.39, 0.29) is 19.0 Å². The van der Waals surface area contributed by atoms with Crippen molar-refractivity contribution < 1.29 is 47.5 Å². The van der Waals surface area contributed by atoms with Crippen LogP contribution in [0.1, 0.15) is 18.9 Å². The van der Waals surface area contributed by atoms with E-state index in [0.717, 1.165) is 5.56 Å². The number of esters is 1. The summed E-state index contributed by atoms with van der Waals surface area (Å²) in [6, 6.07) is 9.49. The molecule has 0 unspecified atom stereocenters. The van der Waals surface area contributed by atoms with Crippen LogP contribution in [-0.4, -0.2) is 104 Å². The summed E-state index contributed by atoms with van der Waals surface area (Å²) in [5.41, 5.74) is 0.936. The highest BCUT2D eigenvalue weighted by Crippen LogP contribution is 2.00. The molecule has 11 heteroatoms. The van der Waals surface area contributed by atoms with E-state index in [1.807, 2.05) is 30.3 Å². The van der Waals surface area contributed by atoms with E-state index in [9.17, 15) is 9.59 Å². The Morgan fingerprint density at radius 2 is 1.11 bits per heavy atom. The van der Waals surface area contributed by atoms with Gasteiger partial charge in [0.25, 0.3) is 0 Å². The smallest absolute Gasteiger partial charge is 0.407 e. The van der Waals surface area contributed by atoms with Gasteiger partial charge in [0, 0.05) is 6.54 Å². The number of carbonyl (C=O) groups excluding carboxylic acids is 2.